The molecule has 0 aliphatic carbocycles. The molecule has 130 valence electrons. The molecule has 3 heterocycles. The number of hydrogen-bond donors (Lipinski definition) is 2. The second-order valence-electron chi connectivity index (χ2n) is 4.98. The Labute approximate surface area is 146 Å². The zero-order valence-electron chi connectivity index (χ0n) is 13.4. The zero-order chi connectivity index (χ0) is 17.6. The minimum atomic E-state index is -0.311. The molecule has 9 nitrogen and oxygen atoms in total. The molecule has 0 saturated heterocycles. The number of hydrogen-bond acceptors (Lipinski definition) is 7. The maximum atomic E-state index is 12.2. The van der Waals surface area contributed by atoms with Gasteiger partial charge in [-0.2, -0.15) is 9.78 Å². The van der Waals surface area contributed by atoms with Gasteiger partial charge in [0.25, 0.3) is 5.56 Å². The van der Waals surface area contributed by atoms with Gasteiger partial charge in [-0.05, 0) is 12.1 Å². The van der Waals surface area contributed by atoms with Gasteiger partial charge < -0.3 is 15.0 Å². The van der Waals surface area contributed by atoms with E-state index in [1.54, 1.807) is 25.4 Å². The van der Waals surface area contributed by atoms with Crippen molar-refractivity contribution in [2.24, 2.45) is 0 Å². The number of carbonyl (C=O) groups excluding carboxylic acids is 1. The first-order valence-corrected chi connectivity index (χ1v) is 8.45. The third kappa shape index (κ3) is 4.03. The van der Waals surface area contributed by atoms with Gasteiger partial charge in [0.05, 0.1) is 18.6 Å². The first kappa shape index (κ1) is 17.1. The van der Waals surface area contributed by atoms with Crippen molar-refractivity contribution >= 4 is 28.7 Å². The summed E-state index contributed by atoms with van der Waals surface area (Å²) in [6.07, 6.45) is 3.08. The lowest BCUT2D eigenvalue weighted by atomic mass is 10.4. The van der Waals surface area contributed by atoms with E-state index in [0.717, 1.165) is 11.8 Å². The minimum absolute atomic E-state index is 0.135. The van der Waals surface area contributed by atoms with Gasteiger partial charge in [0.1, 0.15) is 5.39 Å². The van der Waals surface area contributed by atoms with E-state index in [-0.39, 0.29) is 17.2 Å². The Kier molecular flexibility index (Phi) is 5.41. The molecule has 0 saturated carbocycles. The van der Waals surface area contributed by atoms with E-state index in [0.29, 0.717) is 35.2 Å². The second kappa shape index (κ2) is 7.90. The predicted octanol–water partition coefficient (Wildman–Crippen LogP) is 0.358. The van der Waals surface area contributed by atoms with Crippen LogP contribution in [0.4, 0.5) is 0 Å². The van der Waals surface area contributed by atoms with Crippen molar-refractivity contribution in [1.29, 1.82) is 0 Å². The van der Waals surface area contributed by atoms with Crippen LogP contribution in [0.3, 0.4) is 0 Å². The highest BCUT2D eigenvalue weighted by Crippen LogP contribution is 2.16. The minimum Gasteiger partial charge on any atom is -0.383 e. The average Bonchev–Trinajstić information content (AvgIpc) is 3.05. The van der Waals surface area contributed by atoms with Crippen LogP contribution in [0.2, 0.25) is 0 Å². The molecule has 10 heteroatoms. The SMILES string of the molecule is COCCNC(=O)CSc1nc2c(cnn2-c2ccccn2)c(=O)[nH]1. The van der Waals surface area contributed by atoms with Crippen LogP contribution in [0.5, 0.6) is 0 Å². The highest BCUT2D eigenvalue weighted by molar-refractivity contribution is 7.99. The van der Waals surface area contributed by atoms with Gasteiger partial charge in [-0.15, -0.1) is 0 Å². The molecule has 3 aromatic rings. The van der Waals surface area contributed by atoms with Crippen LogP contribution in [0.1, 0.15) is 0 Å². The molecular formula is C15H16N6O3S. The van der Waals surface area contributed by atoms with Crippen LogP contribution in [0.25, 0.3) is 16.9 Å². The molecule has 3 aromatic heterocycles. The zero-order valence-corrected chi connectivity index (χ0v) is 14.2. The summed E-state index contributed by atoms with van der Waals surface area (Å²) >= 11 is 1.14. The van der Waals surface area contributed by atoms with Crippen molar-refractivity contribution in [3.63, 3.8) is 0 Å². The first-order valence-electron chi connectivity index (χ1n) is 7.47. The molecular weight excluding hydrogens is 344 g/mol. The third-order valence-electron chi connectivity index (χ3n) is 3.25. The smallest absolute Gasteiger partial charge is 0.262 e. The van der Waals surface area contributed by atoms with Crippen molar-refractivity contribution in [2.45, 2.75) is 5.16 Å². The van der Waals surface area contributed by atoms with Gasteiger partial charge in [-0.3, -0.25) is 9.59 Å². The number of amides is 1. The fourth-order valence-electron chi connectivity index (χ4n) is 2.09. The van der Waals surface area contributed by atoms with E-state index >= 15 is 0 Å². The number of H-pyrrole nitrogens is 1. The molecule has 0 spiro atoms. The van der Waals surface area contributed by atoms with Gasteiger partial charge in [0, 0.05) is 19.9 Å². The van der Waals surface area contributed by atoms with Crippen LogP contribution >= 0.6 is 11.8 Å². The van der Waals surface area contributed by atoms with Crippen molar-refractivity contribution in [3.05, 3.63) is 40.9 Å². The highest BCUT2D eigenvalue weighted by atomic mass is 32.2. The van der Waals surface area contributed by atoms with Crippen LogP contribution in [0.15, 0.2) is 40.5 Å². The van der Waals surface area contributed by atoms with Crippen molar-refractivity contribution in [2.75, 3.05) is 26.0 Å². The molecule has 0 aliphatic rings. The lowest BCUT2D eigenvalue weighted by Crippen LogP contribution is -2.28. The summed E-state index contributed by atoms with van der Waals surface area (Å²) in [7, 11) is 1.57. The fraction of sp³-hybridized carbons (Fsp3) is 0.267. The molecule has 0 radical (unpaired) electrons. The molecule has 25 heavy (non-hydrogen) atoms. The largest absolute Gasteiger partial charge is 0.383 e. The van der Waals surface area contributed by atoms with E-state index < -0.39 is 0 Å². The number of ether oxygens (including phenoxy) is 1. The third-order valence-corrected chi connectivity index (χ3v) is 4.12. The standard InChI is InChI=1S/C15H16N6O3S/c1-24-7-6-17-12(22)9-25-15-19-13-10(14(23)20-15)8-18-21(13)11-4-2-3-5-16-11/h2-5,8H,6-7,9H2,1H3,(H,17,22)(H,19,20,23). The van der Waals surface area contributed by atoms with E-state index in [9.17, 15) is 9.59 Å². The summed E-state index contributed by atoms with van der Waals surface area (Å²) < 4.78 is 6.36. The number of aromatic amines is 1. The van der Waals surface area contributed by atoms with Gasteiger partial charge in [0.2, 0.25) is 5.91 Å². The lowest BCUT2D eigenvalue weighted by molar-refractivity contribution is -0.118. The van der Waals surface area contributed by atoms with E-state index in [2.05, 4.69) is 25.4 Å². The summed E-state index contributed by atoms with van der Waals surface area (Å²) in [5, 5.41) is 7.59. The Balaban J connectivity index is 1.81. The number of carbonyl (C=O) groups is 1. The monoisotopic (exact) mass is 360 g/mol. The Morgan fingerprint density at radius 3 is 3.08 bits per heavy atom. The van der Waals surface area contributed by atoms with Crippen LogP contribution in [-0.2, 0) is 9.53 Å². The summed E-state index contributed by atoms with van der Waals surface area (Å²) in [5.41, 5.74) is 0.0826. The topological polar surface area (TPSA) is 115 Å². The van der Waals surface area contributed by atoms with E-state index in [1.165, 1.54) is 10.9 Å². The molecule has 1 amide bonds. The number of nitrogens with zero attached hydrogens (tertiary/aromatic N) is 4. The van der Waals surface area contributed by atoms with E-state index in [1.807, 2.05) is 6.07 Å². The van der Waals surface area contributed by atoms with Gasteiger partial charge in [-0.25, -0.2) is 9.97 Å². The number of methoxy groups -OCH3 is 1. The summed E-state index contributed by atoms with van der Waals surface area (Å²) in [5.74, 6) is 0.530. The summed E-state index contributed by atoms with van der Waals surface area (Å²) in [6.45, 7) is 0.881. The van der Waals surface area contributed by atoms with Gasteiger partial charge in [-0.1, -0.05) is 17.8 Å². The molecule has 0 aromatic carbocycles. The number of fused-ring (bicyclic) bond motifs is 1. The first-order chi connectivity index (χ1) is 12.2. The average molecular weight is 360 g/mol. The number of rotatable bonds is 7. The summed E-state index contributed by atoms with van der Waals surface area (Å²) in [6, 6.07) is 5.38. The van der Waals surface area contributed by atoms with Crippen LogP contribution < -0.4 is 10.9 Å². The normalized spacial score (nSPS) is 10.9. The molecule has 3 rings (SSSR count). The molecule has 0 aliphatic heterocycles. The molecule has 2 N–H and O–H groups in total. The van der Waals surface area contributed by atoms with Crippen molar-refractivity contribution in [3.8, 4) is 5.82 Å². The highest BCUT2D eigenvalue weighted by Gasteiger charge is 2.13. The lowest BCUT2D eigenvalue weighted by Gasteiger charge is -2.05. The molecule has 0 unspecified atom stereocenters. The maximum Gasteiger partial charge on any atom is 0.262 e. The van der Waals surface area contributed by atoms with Crippen LogP contribution in [0, 0.1) is 0 Å². The second-order valence-corrected chi connectivity index (χ2v) is 5.95. The van der Waals surface area contributed by atoms with Crippen molar-refractivity contribution < 1.29 is 9.53 Å². The van der Waals surface area contributed by atoms with Gasteiger partial charge >= 0.3 is 0 Å². The maximum absolute atomic E-state index is 12.2. The Morgan fingerprint density at radius 1 is 1.44 bits per heavy atom. The number of pyridine rings is 1. The number of thioether (sulfide) groups is 1. The molecule has 0 atom stereocenters. The predicted molar refractivity (Wildman–Crippen MR) is 92.9 cm³/mol. The number of nitrogens with one attached hydrogen (secondary N) is 2. The van der Waals surface area contributed by atoms with Crippen molar-refractivity contribution in [1.82, 2.24) is 30.0 Å². The Bertz CT molecular complexity index is 924. The fourth-order valence-corrected chi connectivity index (χ4v) is 2.78. The van der Waals surface area contributed by atoms with E-state index in [4.69, 9.17) is 4.74 Å². The Morgan fingerprint density at radius 2 is 2.32 bits per heavy atom. The van der Waals surface area contributed by atoms with Gasteiger partial charge in [0.15, 0.2) is 16.6 Å². The molecule has 0 fully saturated rings. The number of aromatic nitrogens is 5. The summed E-state index contributed by atoms with van der Waals surface area (Å²) in [4.78, 5) is 35.2. The Hall–Kier alpha value is -2.72. The van der Waals surface area contributed by atoms with Crippen LogP contribution in [-0.4, -0.2) is 56.7 Å². The molecule has 0 bridgehead atoms. The quantitative estimate of drug-likeness (QED) is 0.355.